The van der Waals surface area contributed by atoms with Crippen LogP contribution >= 0.6 is 0 Å². The van der Waals surface area contributed by atoms with Crippen molar-refractivity contribution in [3.8, 4) is 0 Å². The number of aryl methyl sites for hydroxylation is 3. The number of carbonyl (C=O) groups excluding carboxylic acids is 1. The Morgan fingerprint density at radius 2 is 1.72 bits per heavy atom. The average molecular weight is 460 g/mol. The fourth-order valence-electron chi connectivity index (χ4n) is 4.11. The van der Waals surface area contributed by atoms with Crippen LogP contribution in [0.4, 0.5) is 5.69 Å². The molecule has 172 valence electrons. The molecular weight excluding hydrogens is 430 g/mol. The zero-order chi connectivity index (χ0) is 23.6. The molecule has 0 aromatic heterocycles. The summed E-state index contributed by atoms with van der Waals surface area (Å²) in [5, 5.41) is 14.1. The molecule has 1 unspecified atom stereocenters. The highest BCUT2D eigenvalue weighted by Crippen LogP contribution is 2.29. The minimum absolute atomic E-state index is 0.0573. The molecule has 2 aromatic carbocycles. The molecule has 1 N–H and O–H groups in total. The number of nitrogens with zero attached hydrogens (tertiary/aromatic N) is 2. The van der Waals surface area contributed by atoms with Crippen LogP contribution in [0.3, 0.4) is 0 Å². The zero-order valence-electron chi connectivity index (χ0n) is 18.8. The van der Waals surface area contributed by atoms with Gasteiger partial charge in [0.2, 0.25) is 15.9 Å². The lowest BCUT2D eigenvalue weighted by atomic mass is 9.95. The van der Waals surface area contributed by atoms with Gasteiger partial charge in [-0.1, -0.05) is 29.8 Å². The molecule has 8 nitrogen and oxygen atoms in total. The quantitative estimate of drug-likeness (QED) is 0.522. The summed E-state index contributed by atoms with van der Waals surface area (Å²) < 4.78 is 27.5. The van der Waals surface area contributed by atoms with Gasteiger partial charge in [-0.2, -0.15) is 4.31 Å². The van der Waals surface area contributed by atoms with Crippen molar-refractivity contribution in [2.75, 3.05) is 13.1 Å². The number of benzene rings is 2. The van der Waals surface area contributed by atoms with Gasteiger partial charge in [0.15, 0.2) is 0 Å². The topological polar surface area (TPSA) is 110 Å². The number of nitro groups is 1. The maximum Gasteiger partial charge on any atom is 0.270 e. The molecule has 1 fully saturated rings. The number of hydrogen-bond acceptors (Lipinski definition) is 5. The normalized spacial score (nSPS) is 16.5. The second-order valence-electron chi connectivity index (χ2n) is 8.48. The highest BCUT2D eigenvalue weighted by atomic mass is 32.2. The number of amides is 1. The molecule has 1 saturated heterocycles. The Hall–Kier alpha value is -2.78. The molecule has 2 aromatic rings. The lowest BCUT2D eigenvalue weighted by molar-refractivity contribution is -0.385. The van der Waals surface area contributed by atoms with E-state index in [9.17, 15) is 23.3 Å². The van der Waals surface area contributed by atoms with Gasteiger partial charge in [0.25, 0.3) is 5.69 Å². The van der Waals surface area contributed by atoms with E-state index in [1.807, 2.05) is 32.9 Å². The standard InChI is InChI=1S/C23H29N3O5S/c1-15-5-6-16(2)21(13-15)18(4)24-23(27)19-9-11-25(12-10-19)32(30,31)22-14-20(26(28)29)8-7-17(22)3/h5-8,13-14,18-19H,9-12H2,1-4H3,(H,24,27). The van der Waals surface area contributed by atoms with E-state index in [1.54, 1.807) is 6.92 Å². The highest BCUT2D eigenvalue weighted by Gasteiger charge is 2.34. The van der Waals surface area contributed by atoms with E-state index in [4.69, 9.17) is 0 Å². The van der Waals surface area contributed by atoms with Crippen LogP contribution in [0.25, 0.3) is 0 Å². The molecule has 1 heterocycles. The van der Waals surface area contributed by atoms with E-state index in [1.165, 1.54) is 16.4 Å². The average Bonchev–Trinajstić information content (AvgIpc) is 2.75. The molecule has 1 aliphatic heterocycles. The third-order valence-electron chi connectivity index (χ3n) is 6.09. The van der Waals surface area contributed by atoms with Crippen LogP contribution in [0.15, 0.2) is 41.3 Å². The number of nitro benzene ring substituents is 1. The number of non-ortho nitro benzene ring substituents is 1. The van der Waals surface area contributed by atoms with E-state index in [-0.39, 0.29) is 41.5 Å². The van der Waals surface area contributed by atoms with E-state index < -0.39 is 14.9 Å². The number of carbonyl (C=O) groups is 1. The van der Waals surface area contributed by atoms with E-state index >= 15 is 0 Å². The predicted molar refractivity (Wildman–Crippen MR) is 122 cm³/mol. The van der Waals surface area contributed by atoms with Gasteiger partial charge in [-0.05, 0) is 57.2 Å². The summed E-state index contributed by atoms with van der Waals surface area (Å²) >= 11 is 0. The van der Waals surface area contributed by atoms with Gasteiger partial charge in [-0.3, -0.25) is 14.9 Å². The van der Waals surface area contributed by atoms with E-state index in [0.717, 1.165) is 22.8 Å². The van der Waals surface area contributed by atoms with Crippen LogP contribution in [0.1, 0.15) is 48.1 Å². The van der Waals surface area contributed by atoms with Gasteiger partial charge < -0.3 is 5.32 Å². The molecule has 32 heavy (non-hydrogen) atoms. The van der Waals surface area contributed by atoms with Crippen molar-refractivity contribution < 1.29 is 18.1 Å². The molecule has 0 aliphatic carbocycles. The second kappa shape index (κ2) is 9.38. The smallest absolute Gasteiger partial charge is 0.270 e. The van der Waals surface area contributed by atoms with Crippen molar-refractivity contribution in [3.05, 3.63) is 68.8 Å². The zero-order valence-corrected chi connectivity index (χ0v) is 19.6. The first kappa shape index (κ1) is 23.9. The molecular formula is C23H29N3O5S. The summed E-state index contributed by atoms with van der Waals surface area (Å²) in [5.41, 5.74) is 3.50. The van der Waals surface area contributed by atoms with Crippen LogP contribution in [0, 0.1) is 36.8 Å². The van der Waals surface area contributed by atoms with Gasteiger partial charge in [0, 0.05) is 31.1 Å². The van der Waals surface area contributed by atoms with Crippen molar-refractivity contribution in [3.63, 3.8) is 0 Å². The number of sulfonamides is 1. The number of nitrogens with one attached hydrogen (secondary N) is 1. The van der Waals surface area contributed by atoms with Crippen LogP contribution in [-0.2, 0) is 14.8 Å². The van der Waals surface area contributed by atoms with Crippen LogP contribution in [-0.4, -0.2) is 36.6 Å². The molecule has 0 radical (unpaired) electrons. The van der Waals surface area contributed by atoms with Crippen LogP contribution in [0.2, 0.25) is 0 Å². The van der Waals surface area contributed by atoms with Crippen molar-refractivity contribution in [2.24, 2.45) is 5.92 Å². The Balaban J connectivity index is 1.67. The first-order valence-corrected chi connectivity index (χ1v) is 12.1. The van der Waals surface area contributed by atoms with Gasteiger partial charge in [-0.25, -0.2) is 8.42 Å². The van der Waals surface area contributed by atoms with E-state index in [2.05, 4.69) is 11.4 Å². The minimum atomic E-state index is -3.88. The predicted octanol–water partition coefficient (Wildman–Crippen LogP) is 3.80. The fourth-order valence-corrected chi connectivity index (χ4v) is 5.83. The molecule has 1 amide bonds. The van der Waals surface area contributed by atoms with Crippen LogP contribution < -0.4 is 5.32 Å². The minimum Gasteiger partial charge on any atom is -0.349 e. The summed E-state index contributed by atoms with van der Waals surface area (Å²) in [6, 6.07) is 9.84. The number of piperidine rings is 1. The lowest BCUT2D eigenvalue weighted by Gasteiger charge is -2.31. The van der Waals surface area contributed by atoms with Crippen LogP contribution in [0.5, 0.6) is 0 Å². The molecule has 1 aliphatic rings. The molecule has 9 heteroatoms. The molecule has 0 bridgehead atoms. The Morgan fingerprint density at radius 1 is 1.09 bits per heavy atom. The van der Waals surface area contributed by atoms with Crippen molar-refractivity contribution in [1.29, 1.82) is 0 Å². The summed E-state index contributed by atoms with van der Waals surface area (Å²) in [4.78, 5) is 23.2. The summed E-state index contributed by atoms with van der Waals surface area (Å²) in [5.74, 6) is -0.359. The Morgan fingerprint density at radius 3 is 2.34 bits per heavy atom. The maximum absolute atomic E-state index is 13.1. The summed E-state index contributed by atoms with van der Waals surface area (Å²) in [6.45, 7) is 7.98. The molecule has 0 saturated carbocycles. The van der Waals surface area contributed by atoms with E-state index in [0.29, 0.717) is 18.4 Å². The summed E-state index contributed by atoms with van der Waals surface area (Å²) in [6.07, 6.45) is 0.803. The Labute approximate surface area is 188 Å². The SMILES string of the molecule is Cc1ccc(C)c(C(C)NC(=O)C2CCN(S(=O)(=O)c3cc([N+](=O)[O-])ccc3C)CC2)c1. The van der Waals surface area contributed by atoms with Crippen molar-refractivity contribution in [2.45, 2.75) is 51.5 Å². The molecule has 0 spiro atoms. The van der Waals surface area contributed by atoms with Crippen molar-refractivity contribution >= 4 is 21.6 Å². The molecule has 3 rings (SSSR count). The highest BCUT2D eigenvalue weighted by molar-refractivity contribution is 7.89. The van der Waals surface area contributed by atoms with Gasteiger partial charge in [0.05, 0.1) is 15.9 Å². The Kier molecular flexibility index (Phi) is 7.00. The molecule has 1 atom stereocenters. The Bertz CT molecular complexity index is 1140. The first-order chi connectivity index (χ1) is 15.0. The number of rotatable bonds is 6. The second-order valence-corrected chi connectivity index (χ2v) is 10.4. The third kappa shape index (κ3) is 4.99. The largest absolute Gasteiger partial charge is 0.349 e. The number of hydrogen-bond donors (Lipinski definition) is 1. The fraction of sp³-hybridized carbons (Fsp3) is 0.435. The summed E-state index contributed by atoms with van der Waals surface area (Å²) in [7, 11) is -3.88. The maximum atomic E-state index is 13.1. The van der Waals surface area contributed by atoms with Gasteiger partial charge in [0.1, 0.15) is 0 Å². The lowest BCUT2D eigenvalue weighted by Crippen LogP contribution is -2.43. The van der Waals surface area contributed by atoms with Gasteiger partial charge >= 0.3 is 0 Å². The van der Waals surface area contributed by atoms with Crippen molar-refractivity contribution in [1.82, 2.24) is 9.62 Å². The monoisotopic (exact) mass is 459 g/mol. The third-order valence-corrected chi connectivity index (χ3v) is 8.13. The first-order valence-electron chi connectivity index (χ1n) is 10.6. The van der Waals surface area contributed by atoms with Gasteiger partial charge in [-0.15, -0.1) is 0 Å².